The Labute approximate surface area is 99.0 Å². The third-order valence-electron chi connectivity index (χ3n) is 1.57. The number of hydrogen-bond acceptors (Lipinski definition) is 4. The Morgan fingerprint density at radius 1 is 1.56 bits per heavy atom. The summed E-state index contributed by atoms with van der Waals surface area (Å²) in [5.41, 5.74) is 0.365. The molecule has 86 valence electrons. The van der Waals surface area contributed by atoms with E-state index in [0.29, 0.717) is 10.6 Å². The number of aromatic nitrogens is 1. The van der Waals surface area contributed by atoms with Gasteiger partial charge in [-0.15, -0.1) is 6.42 Å². The number of nitrogens with one attached hydrogen (secondary N) is 1. The van der Waals surface area contributed by atoms with Gasteiger partial charge < -0.3 is 10.1 Å². The first-order valence-corrected chi connectivity index (χ1v) is 5.57. The zero-order chi connectivity index (χ0) is 12.3. The van der Waals surface area contributed by atoms with Crippen molar-refractivity contribution in [1.82, 2.24) is 10.3 Å². The number of carbonyl (C=O) groups excluding carboxylic acids is 1. The van der Waals surface area contributed by atoms with Crippen LogP contribution in [0.15, 0.2) is 0 Å². The molecule has 0 aliphatic rings. The van der Waals surface area contributed by atoms with Gasteiger partial charge in [0.2, 0.25) is 0 Å². The van der Waals surface area contributed by atoms with Crippen molar-refractivity contribution < 1.29 is 9.53 Å². The predicted molar refractivity (Wildman–Crippen MR) is 63.7 cm³/mol. The highest BCUT2D eigenvalue weighted by Crippen LogP contribution is 2.23. The second-order valence-corrected chi connectivity index (χ2v) is 5.26. The van der Waals surface area contributed by atoms with Crippen molar-refractivity contribution in [3.63, 3.8) is 0 Å². The van der Waals surface area contributed by atoms with E-state index in [2.05, 4.69) is 16.2 Å². The number of rotatable bonds is 1. The third-order valence-corrected chi connectivity index (χ3v) is 2.53. The Balaban J connectivity index is 2.68. The molecular formula is C11H14N2O2S. The number of amides is 1. The Hall–Kier alpha value is -1.54. The fourth-order valence-electron chi connectivity index (χ4n) is 0.960. The predicted octanol–water partition coefficient (Wildman–Crippen LogP) is 2.32. The minimum Gasteiger partial charge on any atom is -0.381 e. The molecule has 0 spiro atoms. The lowest BCUT2D eigenvalue weighted by Crippen LogP contribution is -2.42. The van der Waals surface area contributed by atoms with Crippen LogP contribution in [0.1, 0.15) is 31.3 Å². The van der Waals surface area contributed by atoms with Crippen LogP contribution in [0.3, 0.4) is 0 Å². The highest BCUT2D eigenvalue weighted by molar-refractivity contribution is 7.14. The molecule has 0 unspecified atom stereocenters. The summed E-state index contributed by atoms with van der Waals surface area (Å²) in [6, 6.07) is 0. The van der Waals surface area contributed by atoms with Gasteiger partial charge in [0.05, 0.1) is 5.69 Å². The Bertz CT molecular complexity index is 438. The molecular weight excluding hydrogens is 224 g/mol. The lowest BCUT2D eigenvalue weighted by atomic mass is 10.1. The second kappa shape index (κ2) is 4.54. The molecule has 1 aromatic rings. The number of nitrogens with zero attached hydrogens (tertiary/aromatic N) is 1. The van der Waals surface area contributed by atoms with Gasteiger partial charge in [0.25, 0.3) is 5.19 Å². The van der Waals surface area contributed by atoms with E-state index in [-0.39, 0.29) is 10.7 Å². The first-order chi connectivity index (χ1) is 7.31. The molecule has 0 saturated heterocycles. The van der Waals surface area contributed by atoms with Crippen LogP contribution in [0.2, 0.25) is 0 Å². The largest absolute Gasteiger partial charge is 0.414 e. The number of thiazole rings is 1. The van der Waals surface area contributed by atoms with E-state index in [1.54, 1.807) is 6.92 Å². The molecule has 1 rings (SSSR count). The van der Waals surface area contributed by atoms with E-state index in [0.717, 1.165) is 0 Å². The van der Waals surface area contributed by atoms with Crippen LogP contribution in [-0.4, -0.2) is 16.6 Å². The van der Waals surface area contributed by atoms with E-state index in [1.165, 1.54) is 11.3 Å². The van der Waals surface area contributed by atoms with Crippen molar-refractivity contribution in [2.24, 2.45) is 0 Å². The maximum Gasteiger partial charge on any atom is 0.414 e. The zero-order valence-corrected chi connectivity index (χ0v) is 10.6. The van der Waals surface area contributed by atoms with Crippen molar-refractivity contribution in [2.75, 3.05) is 0 Å². The molecule has 0 radical (unpaired) electrons. The summed E-state index contributed by atoms with van der Waals surface area (Å²) in [7, 11) is 0. The normalized spacial score (nSPS) is 10.7. The summed E-state index contributed by atoms with van der Waals surface area (Å²) < 4.78 is 5.02. The molecule has 0 fully saturated rings. The topological polar surface area (TPSA) is 51.2 Å². The van der Waals surface area contributed by atoms with Gasteiger partial charge in [-0.25, -0.2) is 9.78 Å². The molecule has 0 aliphatic carbocycles. The van der Waals surface area contributed by atoms with Gasteiger partial charge in [0, 0.05) is 5.54 Å². The molecule has 1 aromatic heterocycles. The van der Waals surface area contributed by atoms with E-state index >= 15 is 0 Å². The van der Waals surface area contributed by atoms with Gasteiger partial charge in [-0.1, -0.05) is 17.3 Å². The fourth-order valence-corrected chi connectivity index (χ4v) is 1.69. The molecule has 1 amide bonds. The van der Waals surface area contributed by atoms with Gasteiger partial charge in [-0.3, -0.25) is 0 Å². The Kier molecular flexibility index (Phi) is 3.55. The summed E-state index contributed by atoms with van der Waals surface area (Å²) in [5.74, 6) is 2.48. The molecule has 0 saturated carbocycles. The minimum atomic E-state index is -0.523. The molecule has 16 heavy (non-hydrogen) atoms. The molecule has 5 heteroatoms. The average molecular weight is 238 g/mol. The van der Waals surface area contributed by atoms with Crippen molar-refractivity contribution in [1.29, 1.82) is 0 Å². The highest BCUT2D eigenvalue weighted by atomic mass is 32.1. The van der Waals surface area contributed by atoms with Gasteiger partial charge in [-0.05, 0) is 27.7 Å². The molecule has 4 nitrogen and oxygen atoms in total. The van der Waals surface area contributed by atoms with Gasteiger partial charge in [0.1, 0.15) is 4.88 Å². The minimum absolute atomic E-state index is 0.271. The number of carbonyl (C=O) groups is 1. The summed E-state index contributed by atoms with van der Waals surface area (Å²) in [6.45, 7) is 7.39. The van der Waals surface area contributed by atoms with Crippen LogP contribution in [0.5, 0.6) is 5.19 Å². The Morgan fingerprint density at radius 3 is 2.62 bits per heavy atom. The highest BCUT2D eigenvalue weighted by Gasteiger charge is 2.17. The van der Waals surface area contributed by atoms with E-state index in [9.17, 15) is 4.79 Å². The van der Waals surface area contributed by atoms with Crippen LogP contribution < -0.4 is 10.1 Å². The number of terminal acetylenes is 1. The molecule has 0 bridgehead atoms. The number of hydrogen-bond donors (Lipinski definition) is 1. The second-order valence-electron chi connectivity index (χ2n) is 4.30. The summed E-state index contributed by atoms with van der Waals surface area (Å²) in [4.78, 5) is 16.1. The first-order valence-electron chi connectivity index (χ1n) is 4.76. The van der Waals surface area contributed by atoms with Gasteiger partial charge in [0.15, 0.2) is 0 Å². The summed E-state index contributed by atoms with van der Waals surface area (Å²) in [6.07, 6.45) is 4.74. The Morgan fingerprint density at radius 2 is 2.19 bits per heavy atom. The molecule has 0 atom stereocenters. The van der Waals surface area contributed by atoms with Gasteiger partial charge in [-0.2, -0.15) is 0 Å². The van der Waals surface area contributed by atoms with Crippen molar-refractivity contribution >= 4 is 17.4 Å². The lowest BCUT2D eigenvalue weighted by molar-refractivity contribution is 0.190. The average Bonchev–Trinajstić information content (AvgIpc) is 2.42. The first kappa shape index (κ1) is 12.5. The van der Waals surface area contributed by atoms with Crippen LogP contribution in [0.25, 0.3) is 0 Å². The van der Waals surface area contributed by atoms with E-state index < -0.39 is 6.09 Å². The van der Waals surface area contributed by atoms with E-state index in [4.69, 9.17) is 11.2 Å². The van der Waals surface area contributed by atoms with Crippen LogP contribution >= 0.6 is 11.3 Å². The summed E-state index contributed by atoms with van der Waals surface area (Å²) in [5, 5.41) is 2.94. The van der Waals surface area contributed by atoms with Crippen molar-refractivity contribution in [3.05, 3.63) is 10.6 Å². The lowest BCUT2D eigenvalue weighted by Gasteiger charge is -2.18. The van der Waals surface area contributed by atoms with Crippen LogP contribution in [0.4, 0.5) is 4.79 Å². The van der Waals surface area contributed by atoms with Gasteiger partial charge >= 0.3 is 6.09 Å². The number of ether oxygens (including phenoxy) is 1. The molecule has 1 N–H and O–H groups in total. The smallest absolute Gasteiger partial charge is 0.381 e. The maximum atomic E-state index is 11.4. The molecule has 0 aromatic carbocycles. The standard InChI is InChI=1S/C11H14N2O2S/c1-6-8-7(2)12-10(16-8)15-9(14)13-11(3,4)5/h1H,2-5H3,(H,13,14). The monoisotopic (exact) mass is 238 g/mol. The van der Waals surface area contributed by atoms with Crippen LogP contribution in [0, 0.1) is 19.3 Å². The SMILES string of the molecule is C#Cc1sc(OC(=O)NC(C)(C)C)nc1C. The maximum absolute atomic E-state index is 11.4. The fraction of sp³-hybridized carbons (Fsp3) is 0.455. The van der Waals surface area contributed by atoms with Crippen LogP contribution in [-0.2, 0) is 0 Å². The molecule has 0 aliphatic heterocycles. The molecule has 1 heterocycles. The summed E-state index contributed by atoms with van der Waals surface area (Å²) >= 11 is 1.18. The number of aryl methyl sites for hydroxylation is 1. The van der Waals surface area contributed by atoms with Crippen molar-refractivity contribution in [2.45, 2.75) is 33.2 Å². The van der Waals surface area contributed by atoms with E-state index in [1.807, 2.05) is 20.8 Å². The quantitative estimate of drug-likeness (QED) is 0.764. The third kappa shape index (κ3) is 3.55. The zero-order valence-electron chi connectivity index (χ0n) is 9.75. The van der Waals surface area contributed by atoms with Crippen molar-refractivity contribution in [3.8, 4) is 17.5 Å².